The molecule has 7 heteroatoms. The molecule has 0 aliphatic carbocycles. The van der Waals surface area contributed by atoms with E-state index in [-0.39, 0.29) is 4.90 Å². The van der Waals surface area contributed by atoms with Crippen LogP contribution in [0.25, 0.3) is 21.8 Å². The molecule has 2 heterocycles. The molecule has 0 saturated carbocycles. The van der Waals surface area contributed by atoms with Gasteiger partial charge < -0.3 is 9.30 Å². The average Bonchev–Trinajstić information content (AvgIpc) is 2.95. The molecule has 0 atom stereocenters. The average molecular weight is 367 g/mol. The minimum absolute atomic E-state index is 0.106. The molecule has 2 N–H and O–H groups in total. The van der Waals surface area contributed by atoms with E-state index in [1.807, 2.05) is 30.5 Å². The van der Waals surface area contributed by atoms with Gasteiger partial charge in [-0.05, 0) is 35.9 Å². The number of hydrogen-bond acceptors (Lipinski definition) is 4. The number of rotatable bonds is 4. The Bertz CT molecular complexity index is 1210. The third-order valence-electron chi connectivity index (χ3n) is 4.47. The molecular formula is C19H17N3O3S. The number of sulfonamides is 1. The van der Waals surface area contributed by atoms with Gasteiger partial charge in [0.1, 0.15) is 5.75 Å². The zero-order chi connectivity index (χ0) is 18.3. The summed E-state index contributed by atoms with van der Waals surface area (Å²) in [6, 6.07) is 14.5. The number of ether oxygens (including phenoxy) is 1. The van der Waals surface area contributed by atoms with Crippen LogP contribution in [-0.4, -0.2) is 25.1 Å². The number of hydrogen-bond donors (Lipinski definition) is 1. The fraction of sp³-hybridized carbons (Fsp3) is 0.105. The largest absolute Gasteiger partial charge is 0.497 e. The van der Waals surface area contributed by atoms with Crippen LogP contribution in [0.2, 0.25) is 0 Å². The molecule has 4 rings (SSSR count). The summed E-state index contributed by atoms with van der Waals surface area (Å²) in [7, 11) is -2.05. The van der Waals surface area contributed by atoms with Gasteiger partial charge in [0, 0.05) is 35.8 Å². The maximum atomic E-state index is 11.4. The molecule has 0 spiro atoms. The lowest BCUT2D eigenvalue weighted by Gasteiger charge is -2.09. The quantitative estimate of drug-likeness (QED) is 0.601. The minimum atomic E-state index is -3.69. The highest BCUT2D eigenvalue weighted by atomic mass is 32.2. The molecule has 4 aromatic rings. The highest BCUT2D eigenvalue weighted by Crippen LogP contribution is 2.31. The molecule has 0 saturated heterocycles. The first-order chi connectivity index (χ1) is 12.5. The first-order valence-electron chi connectivity index (χ1n) is 7.99. The van der Waals surface area contributed by atoms with Crippen molar-refractivity contribution in [2.45, 2.75) is 11.4 Å². The minimum Gasteiger partial charge on any atom is -0.497 e. The van der Waals surface area contributed by atoms with Crippen LogP contribution < -0.4 is 9.88 Å². The molecule has 2 aromatic carbocycles. The maximum absolute atomic E-state index is 11.4. The fourth-order valence-electron chi connectivity index (χ4n) is 3.19. The van der Waals surface area contributed by atoms with Crippen molar-refractivity contribution < 1.29 is 13.2 Å². The monoisotopic (exact) mass is 367 g/mol. The second-order valence-corrected chi connectivity index (χ2v) is 7.61. The Hall–Kier alpha value is -2.90. The van der Waals surface area contributed by atoms with Gasteiger partial charge in [0.2, 0.25) is 10.0 Å². The number of nitrogens with two attached hydrogens (primary N) is 1. The molecule has 0 amide bonds. The second-order valence-electron chi connectivity index (χ2n) is 6.05. The Kier molecular flexibility index (Phi) is 3.90. The molecule has 0 unspecified atom stereocenters. The Balaban J connectivity index is 1.86. The predicted octanol–water partition coefficient (Wildman–Crippen LogP) is 2.89. The van der Waals surface area contributed by atoms with Crippen molar-refractivity contribution >= 4 is 31.8 Å². The lowest BCUT2D eigenvalue weighted by atomic mass is 10.2. The number of methoxy groups -OCH3 is 1. The van der Waals surface area contributed by atoms with Crippen LogP contribution in [0.15, 0.2) is 65.8 Å². The standard InChI is InChI=1S/C19H17N3O3S/c1-25-14-4-7-16-17-11-21-9-8-18(17)22(19(16)10-14)12-13-2-5-15(6-3-13)26(20,23)24/h2-11H,12H2,1H3,(H2,20,23,24). The van der Waals surface area contributed by atoms with Gasteiger partial charge in [-0.1, -0.05) is 12.1 Å². The molecule has 0 aliphatic heterocycles. The summed E-state index contributed by atoms with van der Waals surface area (Å²) in [5.41, 5.74) is 3.05. The summed E-state index contributed by atoms with van der Waals surface area (Å²) in [4.78, 5) is 4.35. The van der Waals surface area contributed by atoms with Gasteiger partial charge in [-0.25, -0.2) is 13.6 Å². The van der Waals surface area contributed by atoms with Crippen LogP contribution in [0, 0.1) is 0 Å². The number of fused-ring (bicyclic) bond motifs is 3. The number of pyridine rings is 1. The highest BCUT2D eigenvalue weighted by molar-refractivity contribution is 7.89. The SMILES string of the molecule is COc1ccc2c3cnccc3n(Cc3ccc(S(N)(=O)=O)cc3)c2c1. The molecule has 0 aliphatic rings. The summed E-state index contributed by atoms with van der Waals surface area (Å²) in [5.74, 6) is 0.777. The van der Waals surface area contributed by atoms with Crippen molar-refractivity contribution in [2.24, 2.45) is 5.14 Å². The number of benzene rings is 2. The van der Waals surface area contributed by atoms with E-state index >= 15 is 0 Å². The van der Waals surface area contributed by atoms with Gasteiger partial charge in [-0.3, -0.25) is 4.98 Å². The van der Waals surface area contributed by atoms with Gasteiger partial charge in [0.15, 0.2) is 0 Å². The topological polar surface area (TPSA) is 87.2 Å². The Morgan fingerprint density at radius 2 is 1.81 bits per heavy atom. The fourth-order valence-corrected chi connectivity index (χ4v) is 3.70. The molecule has 26 heavy (non-hydrogen) atoms. The molecule has 0 radical (unpaired) electrons. The number of aromatic nitrogens is 2. The molecule has 0 fully saturated rings. The van der Waals surface area contributed by atoms with Gasteiger partial charge in [0.05, 0.1) is 23.0 Å². The van der Waals surface area contributed by atoms with Crippen LogP contribution in [0.3, 0.4) is 0 Å². The smallest absolute Gasteiger partial charge is 0.238 e. The van der Waals surface area contributed by atoms with E-state index in [2.05, 4.69) is 9.55 Å². The van der Waals surface area contributed by atoms with E-state index < -0.39 is 10.0 Å². The normalized spacial score (nSPS) is 11.9. The first-order valence-corrected chi connectivity index (χ1v) is 9.54. The number of primary sulfonamides is 1. The van der Waals surface area contributed by atoms with Crippen LogP contribution in [0.5, 0.6) is 5.75 Å². The molecule has 2 aromatic heterocycles. The van der Waals surface area contributed by atoms with Crippen molar-refractivity contribution in [1.29, 1.82) is 0 Å². The maximum Gasteiger partial charge on any atom is 0.238 e. The van der Waals surface area contributed by atoms with Crippen LogP contribution in [0.4, 0.5) is 0 Å². The summed E-state index contributed by atoms with van der Waals surface area (Å²) in [6.07, 6.45) is 3.61. The van der Waals surface area contributed by atoms with Gasteiger partial charge in [-0.2, -0.15) is 0 Å². The van der Waals surface area contributed by atoms with Crippen LogP contribution >= 0.6 is 0 Å². The van der Waals surface area contributed by atoms with E-state index in [1.165, 1.54) is 12.1 Å². The van der Waals surface area contributed by atoms with Gasteiger partial charge in [-0.15, -0.1) is 0 Å². The summed E-state index contributed by atoms with van der Waals surface area (Å²) in [6.45, 7) is 0.585. The highest BCUT2D eigenvalue weighted by Gasteiger charge is 2.13. The molecule has 132 valence electrons. The lowest BCUT2D eigenvalue weighted by molar-refractivity contribution is 0.415. The summed E-state index contributed by atoms with van der Waals surface area (Å²) >= 11 is 0. The predicted molar refractivity (Wildman–Crippen MR) is 101 cm³/mol. The molecular weight excluding hydrogens is 350 g/mol. The van der Waals surface area contributed by atoms with Crippen molar-refractivity contribution in [3.63, 3.8) is 0 Å². The van der Waals surface area contributed by atoms with Crippen molar-refractivity contribution in [3.05, 3.63) is 66.5 Å². The van der Waals surface area contributed by atoms with Crippen molar-refractivity contribution in [3.8, 4) is 5.75 Å². The Labute approximate surface area is 150 Å². The van der Waals surface area contributed by atoms with Crippen molar-refractivity contribution in [1.82, 2.24) is 9.55 Å². The third kappa shape index (κ3) is 2.81. The van der Waals surface area contributed by atoms with E-state index in [0.29, 0.717) is 6.54 Å². The van der Waals surface area contributed by atoms with E-state index in [9.17, 15) is 8.42 Å². The van der Waals surface area contributed by atoms with Crippen molar-refractivity contribution in [2.75, 3.05) is 7.11 Å². The van der Waals surface area contributed by atoms with Gasteiger partial charge in [0.25, 0.3) is 0 Å². The lowest BCUT2D eigenvalue weighted by Crippen LogP contribution is -2.12. The Morgan fingerprint density at radius 3 is 2.50 bits per heavy atom. The molecule has 0 bridgehead atoms. The van der Waals surface area contributed by atoms with Crippen LogP contribution in [0.1, 0.15) is 5.56 Å². The zero-order valence-corrected chi connectivity index (χ0v) is 14.9. The van der Waals surface area contributed by atoms with E-state index in [4.69, 9.17) is 9.88 Å². The summed E-state index contributed by atoms with van der Waals surface area (Å²) < 4.78 is 30.4. The summed E-state index contributed by atoms with van der Waals surface area (Å²) in [5, 5.41) is 7.32. The zero-order valence-electron chi connectivity index (χ0n) is 14.1. The van der Waals surface area contributed by atoms with Crippen LogP contribution in [-0.2, 0) is 16.6 Å². The van der Waals surface area contributed by atoms with E-state index in [1.54, 1.807) is 25.4 Å². The Morgan fingerprint density at radius 1 is 1.04 bits per heavy atom. The molecule has 6 nitrogen and oxygen atoms in total. The first kappa shape index (κ1) is 16.6. The van der Waals surface area contributed by atoms with Gasteiger partial charge >= 0.3 is 0 Å². The third-order valence-corrected chi connectivity index (χ3v) is 5.40. The second kappa shape index (κ2) is 6.12. The number of nitrogens with zero attached hydrogens (tertiary/aromatic N) is 2. The van der Waals surface area contributed by atoms with E-state index in [0.717, 1.165) is 33.1 Å².